The molecule has 35 heavy (non-hydrogen) atoms. The highest BCUT2D eigenvalue weighted by Crippen LogP contribution is 2.29. The Balaban J connectivity index is 1.87. The molecule has 1 amide bonds. The van der Waals surface area contributed by atoms with E-state index in [0.29, 0.717) is 41.3 Å². The quantitative estimate of drug-likeness (QED) is 0.285. The van der Waals surface area contributed by atoms with Crippen LogP contribution in [0, 0.1) is 13.8 Å². The third kappa shape index (κ3) is 7.20. The van der Waals surface area contributed by atoms with Gasteiger partial charge in [-0.15, -0.1) is 0 Å². The summed E-state index contributed by atoms with van der Waals surface area (Å²) < 4.78 is 5.54. The lowest BCUT2D eigenvalue weighted by Gasteiger charge is -2.38. The molecule has 3 rings (SSSR count). The summed E-state index contributed by atoms with van der Waals surface area (Å²) in [6.07, 6.45) is 13.8. The third-order valence-corrected chi connectivity index (χ3v) is 7.17. The van der Waals surface area contributed by atoms with Gasteiger partial charge in [0.1, 0.15) is 0 Å². The summed E-state index contributed by atoms with van der Waals surface area (Å²) in [5.41, 5.74) is 3.42. The van der Waals surface area contributed by atoms with Gasteiger partial charge in [0.2, 0.25) is 0 Å². The second-order valence-corrected chi connectivity index (χ2v) is 9.89. The first-order valence-electron chi connectivity index (χ1n) is 12.6. The van der Waals surface area contributed by atoms with E-state index in [1.807, 2.05) is 43.0 Å². The van der Waals surface area contributed by atoms with Gasteiger partial charge >= 0.3 is 5.97 Å². The molecule has 0 spiro atoms. The van der Waals surface area contributed by atoms with E-state index in [4.69, 9.17) is 21.2 Å². The van der Waals surface area contributed by atoms with E-state index in [-0.39, 0.29) is 24.6 Å². The summed E-state index contributed by atoms with van der Waals surface area (Å²) >= 11 is 6.68. The number of amides is 1. The predicted octanol–water partition coefficient (Wildman–Crippen LogP) is 6.11. The van der Waals surface area contributed by atoms with Gasteiger partial charge in [0.05, 0.1) is 17.9 Å². The van der Waals surface area contributed by atoms with Crippen molar-refractivity contribution in [3.8, 4) is 0 Å². The zero-order valence-electron chi connectivity index (χ0n) is 21.3. The zero-order valence-corrected chi connectivity index (χ0v) is 22.1. The standard InChI is InChI=1S/C28H37ClN2O4/c1-19-16-20(2)27(29)24-17-23(14-9-7-5-6-8-10-15-34-28(33)26(19)24)30-35-18-25(32)31-21(3)12-11-13-22(31)4/h6,8-9,14,16,21-22H,5,7,10-13,15,17-18H2,1-4H3/b8-6+,14-9?,30-23+. The Morgan fingerprint density at radius 3 is 2.54 bits per heavy atom. The van der Waals surface area contributed by atoms with Crippen LogP contribution in [0.1, 0.15) is 79.4 Å². The van der Waals surface area contributed by atoms with Crippen LogP contribution in [0.5, 0.6) is 0 Å². The Morgan fingerprint density at radius 1 is 1.11 bits per heavy atom. The molecule has 2 atom stereocenters. The molecular weight excluding hydrogens is 464 g/mol. The molecule has 0 N–H and O–H groups in total. The Morgan fingerprint density at radius 2 is 1.80 bits per heavy atom. The number of ether oxygens (including phenoxy) is 1. The number of piperidine rings is 1. The van der Waals surface area contributed by atoms with E-state index in [2.05, 4.69) is 25.1 Å². The number of allylic oxidation sites excluding steroid dienone is 3. The van der Waals surface area contributed by atoms with E-state index in [1.54, 1.807) is 0 Å². The van der Waals surface area contributed by atoms with Crippen molar-refractivity contribution in [3.05, 3.63) is 57.6 Å². The smallest absolute Gasteiger partial charge is 0.338 e. The molecule has 6 nitrogen and oxygen atoms in total. The lowest BCUT2D eigenvalue weighted by atomic mass is 9.94. The maximum absolute atomic E-state index is 13.0. The van der Waals surface area contributed by atoms with Crippen LogP contribution in [-0.4, -0.2) is 47.8 Å². The minimum Gasteiger partial charge on any atom is -0.462 e. The van der Waals surface area contributed by atoms with Gasteiger partial charge in [-0.05, 0) is 89.0 Å². The Hall–Kier alpha value is -2.60. The molecule has 0 aromatic heterocycles. The molecule has 2 unspecified atom stereocenters. The highest BCUT2D eigenvalue weighted by atomic mass is 35.5. The zero-order chi connectivity index (χ0) is 25.4. The van der Waals surface area contributed by atoms with Crippen LogP contribution in [0.2, 0.25) is 5.02 Å². The van der Waals surface area contributed by atoms with Gasteiger partial charge in [-0.25, -0.2) is 4.79 Å². The Labute approximate surface area is 214 Å². The number of carbonyl (C=O) groups excluding carboxylic acids is 2. The largest absolute Gasteiger partial charge is 0.462 e. The van der Waals surface area contributed by atoms with Gasteiger partial charge in [-0.2, -0.15) is 0 Å². The molecule has 1 aromatic rings. The molecule has 2 heterocycles. The molecule has 1 fully saturated rings. The normalized spacial score (nSPS) is 23.9. The fourth-order valence-corrected chi connectivity index (χ4v) is 5.11. The van der Waals surface area contributed by atoms with E-state index >= 15 is 0 Å². The summed E-state index contributed by atoms with van der Waals surface area (Å²) in [6.45, 7) is 8.16. The molecule has 1 aromatic carbocycles. The monoisotopic (exact) mass is 500 g/mol. The van der Waals surface area contributed by atoms with Crippen LogP contribution < -0.4 is 0 Å². The Bertz CT molecular complexity index is 1000. The number of carbonyl (C=O) groups is 2. The van der Waals surface area contributed by atoms with E-state index in [9.17, 15) is 9.59 Å². The summed E-state index contributed by atoms with van der Waals surface area (Å²) in [5.74, 6) is -0.449. The van der Waals surface area contributed by atoms with Crippen molar-refractivity contribution in [1.29, 1.82) is 0 Å². The van der Waals surface area contributed by atoms with Crippen LogP contribution in [0.25, 0.3) is 0 Å². The van der Waals surface area contributed by atoms with Crippen LogP contribution >= 0.6 is 11.6 Å². The first kappa shape index (κ1) is 27.0. The van der Waals surface area contributed by atoms with Crippen molar-refractivity contribution in [1.82, 2.24) is 4.90 Å². The van der Waals surface area contributed by atoms with Gasteiger partial charge in [0.15, 0.2) is 6.61 Å². The third-order valence-electron chi connectivity index (χ3n) is 6.65. The van der Waals surface area contributed by atoms with Crippen molar-refractivity contribution >= 4 is 29.2 Å². The SMILES string of the molecule is Cc1cc(C)c2c(c1Cl)C/C(=N/OCC(=O)N1C(C)CCCC1C)C=CCC/C=C/CCOC2=O. The number of nitrogens with zero attached hydrogens (tertiary/aromatic N) is 2. The topological polar surface area (TPSA) is 68.2 Å². The number of esters is 1. The van der Waals surface area contributed by atoms with Crippen LogP contribution in [0.4, 0.5) is 0 Å². The van der Waals surface area contributed by atoms with Crippen molar-refractivity contribution in [2.24, 2.45) is 5.16 Å². The van der Waals surface area contributed by atoms with Crippen LogP contribution in [0.15, 0.2) is 35.5 Å². The fourth-order valence-electron chi connectivity index (χ4n) is 4.90. The van der Waals surface area contributed by atoms with E-state index in [0.717, 1.165) is 43.2 Å². The number of hydrogen-bond donors (Lipinski definition) is 0. The summed E-state index contributed by atoms with van der Waals surface area (Å²) in [6, 6.07) is 2.30. The van der Waals surface area contributed by atoms with Gasteiger partial charge in [0.25, 0.3) is 5.91 Å². The lowest BCUT2D eigenvalue weighted by molar-refractivity contribution is -0.142. The van der Waals surface area contributed by atoms with E-state index in [1.165, 1.54) is 0 Å². The molecule has 0 bridgehead atoms. The van der Waals surface area contributed by atoms with Gasteiger partial charge in [0, 0.05) is 23.5 Å². The summed E-state index contributed by atoms with van der Waals surface area (Å²) in [5, 5.41) is 4.83. The van der Waals surface area contributed by atoms with Crippen LogP contribution in [-0.2, 0) is 20.8 Å². The van der Waals surface area contributed by atoms with Crippen molar-refractivity contribution in [2.75, 3.05) is 13.2 Å². The summed E-state index contributed by atoms with van der Waals surface area (Å²) in [4.78, 5) is 33.3. The second kappa shape index (κ2) is 12.9. The maximum atomic E-state index is 13.0. The molecule has 190 valence electrons. The van der Waals surface area contributed by atoms with Crippen molar-refractivity contribution < 1.29 is 19.2 Å². The highest BCUT2D eigenvalue weighted by Gasteiger charge is 2.29. The average molecular weight is 501 g/mol. The number of likely N-dealkylation sites (tertiary alicyclic amines) is 1. The number of cyclic esters (lactones) is 1. The minimum absolute atomic E-state index is 0.0576. The first-order valence-corrected chi connectivity index (χ1v) is 12.9. The number of hydrogen-bond acceptors (Lipinski definition) is 5. The van der Waals surface area contributed by atoms with Crippen molar-refractivity contribution in [3.63, 3.8) is 0 Å². The second-order valence-electron chi connectivity index (χ2n) is 9.52. The number of benzene rings is 1. The average Bonchev–Trinajstić information content (AvgIpc) is 2.80. The number of aryl methyl sites for hydroxylation is 2. The molecular formula is C28H37ClN2O4. The summed E-state index contributed by atoms with van der Waals surface area (Å²) in [7, 11) is 0. The lowest BCUT2D eigenvalue weighted by Crippen LogP contribution is -2.48. The van der Waals surface area contributed by atoms with Crippen molar-refractivity contribution in [2.45, 2.75) is 84.7 Å². The van der Waals surface area contributed by atoms with Gasteiger partial charge in [-0.1, -0.05) is 41.1 Å². The fraction of sp³-hybridized carbons (Fsp3) is 0.536. The molecule has 2 aliphatic rings. The minimum atomic E-state index is -0.391. The molecule has 0 aliphatic carbocycles. The van der Waals surface area contributed by atoms with Gasteiger partial charge < -0.3 is 14.5 Å². The van der Waals surface area contributed by atoms with Gasteiger partial charge in [-0.3, -0.25) is 4.79 Å². The van der Waals surface area contributed by atoms with Crippen LogP contribution in [0.3, 0.4) is 0 Å². The predicted molar refractivity (Wildman–Crippen MR) is 140 cm³/mol. The molecule has 0 radical (unpaired) electrons. The highest BCUT2D eigenvalue weighted by molar-refractivity contribution is 6.33. The number of halogens is 1. The number of rotatable bonds is 3. The number of fused-ring (bicyclic) bond motifs is 1. The molecule has 2 aliphatic heterocycles. The van der Waals surface area contributed by atoms with E-state index < -0.39 is 5.97 Å². The first-order chi connectivity index (χ1) is 16.8. The molecule has 1 saturated heterocycles. The molecule has 0 saturated carbocycles. The molecule has 7 heteroatoms. The maximum Gasteiger partial charge on any atom is 0.338 e. The number of oxime groups is 1. The Kier molecular flexibility index (Phi) is 9.96.